The first-order chi connectivity index (χ1) is 9.13. The van der Waals surface area contributed by atoms with Crippen LogP contribution in [0.1, 0.15) is 39.0 Å². The molecule has 0 bridgehead atoms. The van der Waals surface area contributed by atoms with E-state index in [9.17, 15) is 9.59 Å². The van der Waals surface area contributed by atoms with Crippen LogP contribution in [0, 0.1) is 11.8 Å². The van der Waals surface area contributed by atoms with Crippen LogP contribution in [-0.4, -0.2) is 42.4 Å². The minimum Gasteiger partial charge on any atom is -0.354 e. The highest BCUT2D eigenvalue weighted by Gasteiger charge is 2.42. The van der Waals surface area contributed by atoms with E-state index in [0.717, 1.165) is 32.2 Å². The van der Waals surface area contributed by atoms with Crippen molar-refractivity contribution in [3.05, 3.63) is 0 Å². The largest absolute Gasteiger partial charge is 0.354 e. The van der Waals surface area contributed by atoms with Gasteiger partial charge < -0.3 is 16.0 Å². The summed E-state index contributed by atoms with van der Waals surface area (Å²) in [5.74, 6) is 0.853. The fourth-order valence-corrected chi connectivity index (χ4v) is 3.20. The van der Waals surface area contributed by atoms with Gasteiger partial charge in [-0.1, -0.05) is 6.92 Å². The fourth-order valence-electron chi connectivity index (χ4n) is 3.20. The molecule has 2 aliphatic heterocycles. The van der Waals surface area contributed by atoms with Crippen molar-refractivity contribution in [2.24, 2.45) is 17.6 Å². The predicted molar refractivity (Wildman–Crippen MR) is 73.3 cm³/mol. The molecule has 3 N–H and O–H groups in total. The second-order valence-electron chi connectivity index (χ2n) is 5.87. The smallest absolute Gasteiger partial charge is 0.225 e. The van der Waals surface area contributed by atoms with Crippen molar-refractivity contribution in [1.29, 1.82) is 0 Å². The zero-order valence-corrected chi connectivity index (χ0v) is 11.7. The number of fused-ring (bicyclic) bond motifs is 1. The standard InChI is InChI=1S/C14H25N3O2/c1-10(6-7-15)4-5-13(18)17-8-2-3-11-12(17)9-16-14(11)19/h10-12H,2-9,15H2,1H3,(H,16,19). The number of carbonyl (C=O) groups excluding carboxylic acids is 2. The Balaban J connectivity index is 1.86. The van der Waals surface area contributed by atoms with Crippen LogP contribution in [0.3, 0.4) is 0 Å². The molecule has 108 valence electrons. The van der Waals surface area contributed by atoms with Gasteiger partial charge in [0.1, 0.15) is 0 Å². The van der Waals surface area contributed by atoms with E-state index >= 15 is 0 Å². The first-order valence-electron chi connectivity index (χ1n) is 7.40. The topological polar surface area (TPSA) is 75.4 Å². The van der Waals surface area contributed by atoms with E-state index in [0.29, 0.717) is 25.4 Å². The maximum atomic E-state index is 12.3. The monoisotopic (exact) mass is 267 g/mol. The zero-order valence-electron chi connectivity index (χ0n) is 11.7. The molecule has 0 aromatic carbocycles. The van der Waals surface area contributed by atoms with Gasteiger partial charge in [-0.15, -0.1) is 0 Å². The quantitative estimate of drug-likeness (QED) is 0.761. The van der Waals surface area contributed by atoms with E-state index in [4.69, 9.17) is 5.73 Å². The zero-order chi connectivity index (χ0) is 13.8. The SMILES string of the molecule is CC(CCN)CCC(=O)N1CCCC2C(=O)NCC21. The molecule has 3 atom stereocenters. The first-order valence-corrected chi connectivity index (χ1v) is 7.40. The molecule has 5 heteroatoms. The average molecular weight is 267 g/mol. The van der Waals surface area contributed by atoms with Gasteiger partial charge in [0, 0.05) is 19.5 Å². The summed E-state index contributed by atoms with van der Waals surface area (Å²) in [5, 5.41) is 2.88. The Morgan fingerprint density at radius 3 is 3.05 bits per heavy atom. The van der Waals surface area contributed by atoms with Gasteiger partial charge in [0.05, 0.1) is 12.0 Å². The molecule has 0 radical (unpaired) electrons. The van der Waals surface area contributed by atoms with Crippen LogP contribution in [0.2, 0.25) is 0 Å². The Morgan fingerprint density at radius 2 is 2.32 bits per heavy atom. The number of likely N-dealkylation sites (tertiary alicyclic amines) is 1. The number of amides is 2. The fraction of sp³-hybridized carbons (Fsp3) is 0.857. The van der Waals surface area contributed by atoms with Crippen LogP contribution in [0.15, 0.2) is 0 Å². The van der Waals surface area contributed by atoms with E-state index in [2.05, 4.69) is 12.2 Å². The summed E-state index contributed by atoms with van der Waals surface area (Å²) in [6.45, 7) is 4.26. The summed E-state index contributed by atoms with van der Waals surface area (Å²) in [4.78, 5) is 25.9. The Labute approximate surface area is 114 Å². The number of nitrogens with one attached hydrogen (secondary N) is 1. The van der Waals surface area contributed by atoms with Crippen LogP contribution in [0.4, 0.5) is 0 Å². The lowest BCUT2D eigenvalue weighted by molar-refractivity contribution is -0.137. The van der Waals surface area contributed by atoms with Gasteiger partial charge in [0.2, 0.25) is 11.8 Å². The Hall–Kier alpha value is -1.10. The predicted octanol–water partition coefficient (Wildman–Crippen LogP) is 0.489. The molecule has 2 heterocycles. The molecule has 2 amide bonds. The summed E-state index contributed by atoms with van der Waals surface area (Å²) in [7, 11) is 0. The molecule has 2 aliphatic rings. The summed E-state index contributed by atoms with van der Waals surface area (Å²) in [6.07, 6.45) is 4.31. The van der Waals surface area contributed by atoms with Crippen LogP contribution in [0.25, 0.3) is 0 Å². The third-order valence-electron chi connectivity index (χ3n) is 4.43. The molecule has 19 heavy (non-hydrogen) atoms. The van der Waals surface area contributed by atoms with Crippen molar-refractivity contribution in [2.75, 3.05) is 19.6 Å². The van der Waals surface area contributed by atoms with Crippen molar-refractivity contribution in [3.63, 3.8) is 0 Å². The molecule has 0 aliphatic carbocycles. The molecular formula is C14H25N3O2. The van der Waals surface area contributed by atoms with Gasteiger partial charge in [-0.05, 0) is 38.1 Å². The summed E-state index contributed by atoms with van der Waals surface area (Å²) >= 11 is 0. The molecule has 0 aromatic rings. The highest BCUT2D eigenvalue weighted by molar-refractivity contribution is 5.84. The average Bonchev–Trinajstić information content (AvgIpc) is 2.78. The summed E-state index contributed by atoms with van der Waals surface area (Å²) in [6, 6.07) is 0.0959. The highest BCUT2D eigenvalue weighted by Crippen LogP contribution is 2.28. The van der Waals surface area contributed by atoms with E-state index in [1.807, 2.05) is 4.90 Å². The van der Waals surface area contributed by atoms with Gasteiger partial charge in [0.15, 0.2) is 0 Å². The number of nitrogens with two attached hydrogens (primary N) is 1. The third kappa shape index (κ3) is 3.26. The Kier molecular flexibility index (Phi) is 4.80. The van der Waals surface area contributed by atoms with Gasteiger partial charge in [-0.25, -0.2) is 0 Å². The lowest BCUT2D eigenvalue weighted by atomic mass is 9.91. The van der Waals surface area contributed by atoms with Gasteiger partial charge in [-0.2, -0.15) is 0 Å². The molecule has 2 rings (SSSR count). The number of hydrogen-bond acceptors (Lipinski definition) is 3. The number of piperidine rings is 1. The maximum absolute atomic E-state index is 12.3. The van der Waals surface area contributed by atoms with Crippen molar-refractivity contribution in [3.8, 4) is 0 Å². The molecule has 5 nitrogen and oxygen atoms in total. The summed E-state index contributed by atoms with van der Waals surface area (Å²) in [5.41, 5.74) is 5.52. The van der Waals surface area contributed by atoms with Gasteiger partial charge in [-0.3, -0.25) is 9.59 Å². The van der Waals surface area contributed by atoms with Crippen LogP contribution < -0.4 is 11.1 Å². The molecule has 0 saturated carbocycles. The van der Waals surface area contributed by atoms with Gasteiger partial charge in [0.25, 0.3) is 0 Å². The Bertz CT molecular complexity index is 346. The molecule has 2 saturated heterocycles. The van der Waals surface area contributed by atoms with E-state index in [1.54, 1.807) is 0 Å². The van der Waals surface area contributed by atoms with Crippen molar-refractivity contribution < 1.29 is 9.59 Å². The highest BCUT2D eigenvalue weighted by atomic mass is 16.2. The third-order valence-corrected chi connectivity index (χ3v) is 4.43. The number of hydrogen-bond donors (Lipinski definition) is 2. The lowest BCUT2D eigenvalue weighted by Gasteiger charge is -2.36. The van der Waals surface area contributed by atoms with Gasteiger partial charge >= 0.3 is 0 Å². The second kappa shape index (κ2) is 6.37. The molecule has 2 fully saturated rings. The normalized spacial score (nSPS) is 27.9. The number of rotatable bonds is 5. The van der Waals surface area contributed by atoms with E-state index in [-0.39, 0.29) is 23.8 Å². The van der Waals surface area contributed by atoms with E-state index in [1.165, 1.54) is 0 Å². The molecule has 0 spiro atoms. The minimum absolute atomic E-state index is 0.0270. The van der Waals surface area contributed by atoms with Crippen LogP contribution in [-0.2, 0) is 9.59 Å². The van der Waals surface area contributed by atoms with Crippen LogP contribution >= 0.6 is 0 Å². The molecule has 0 aromatic heterocycles. The van der Waals surface area contributed by atoms with E-state index < -0.39 is 0 Å². The molecule has 3 unspecified atom stereocenters. The summed E-state index contributed by atoms with van der Waals surface area (Å²) < 4.78 is 0. The number of nitrogens with zero attached hydrogens (tertiary/aromatic N) is 1. The van der Waals surface area contributed by atoms with Crippen molar-refractivity contribution in [1.82, 2.24) is 10.2 Å². The lowest BCUT2D eigenvalue weighted by Crippen LogP contribution is -2.48. The van der Waals surface area contributed by atoms with Crippen molar-refractivity contribution >= 4 is 11.8 Å². The van der Waals surface area contributed by atoms with Crippen LogP contribution in [0.5, 0.6) is 0 Å². The number of carbonyl (C=O) groups is 2. The first kappa shape index (κ1) is 14.3. The maximum Gasteiger partial charge on any atom is 0.225 e. The minimum atomic E-state index is 0.0270. The van der Waals surface area contributed by atoms with Crippen molar-refractivity contribution in [2.45, 2.75) is 45.1 Å². The molecular weight excluding hydrogens is 242 g/mol. The Morgan fingerprint density at radius 1 is 1.53 bits per heavy atom. The second-order valence-corrected chi connectivity index (χ2v) is 5.87.